The van der Waals surface area contributed by atoms with Crippen LogP contribution >= 0.6 is 0 Å². The summed E-state index contributed by atoms with van der Waals surface area (Å²) in [5.74, 6) is 1.76. The number of hydrogen-bond acceptors (Lipinski definition) is 4. The second-order valence-corrected chi connectivity index (χ2v) is 15.4. The van der Waals surface area contributed by atoms with Gasteiger partial charge in [0, 0.05) is 16.7 Å². The third kappa shape index (κ3) is 5.27. The fourth-order valence-corrected chi connectivity index (χ4v) is 9.36. The maximum Gasteiger partial charge on any atom is 0.164 e. The van der Waals surface area contributed by atoms with E-state index in [-0.39, 0.29) is 0 Å². The molecule has 0 atom stereocenters. The Morgan fingerprint density at radius 1 is 0.300 bits per heavy atom. The third-order valence-electron chi connectivity index (χ3n) is 12.1. The van der Waals surface area contributed by atoms with Crippen LogP contribution in [0.2, 0.25) is 0 Å². The van der Waals surface area contributed by atoms with Crippen molar-refractivity contribution in [3.63, 3.8) is 0 Å². The third-order valence-corrected chi connectivity index (χ3v) is 12.1. The number of benzene rings is 10. The minimum absolute atomic E-state index is 0.576. The van der Waals surface area contributed by atoms with Gasteiger partial charge in [-0.25, -0.2) is 15.0 Å². The SMILES string of the molecule is N#Cc1ccc(-c2ccccc2-c2nc(-c3ccccc3)nc(-c3ccccc3-c3cc4ccc5cccc6c7cccc8ccc9cccc(c(c3)c4c56)c9c87)n2)cc1. The largest absolute Gasteiger partial charge is 0.208 e. The molecule has 0 aliphatic carbocycles. The predicted octanol–water partition coefficient (Wildman–Crippen LogP) is 14.4. The molecule has 276 valence electrons. The fourth-order valence-electron chi connectivity index (χ4n) is 9.36. The van der Waals surface area contributed by atoms with Crippen LogP contribution in [0.5, 0.6) is 0 Å². The van der Waals surface area contributed by atoms with Gasteiger partial charge in [0.15, 0.2) is 17.5 Å². The van der Waals surface area contributed by atoms with Crippen LogP contribution in [0, 0.1) is 11.3 Å². The van der Waals surface area contributed by atoms with Gasteiger partial charge >= 0.3 is 0 Å². The Balaban J connectivity index is 1.14. The van der Waals surface area contributed by atoms with Crippen LogP contribution in [0.25, 0.3) is 121 Å². The first-order valence-electron chi connectivity index (χ1n) is 20.2. The van der Waals surface area contributed by atoms with Gasteiger partial charge in [0.25, 0.3) is 0 Å². The molecule has 0 saturated heterocycles. The zero-order valence-corrected chi connectivity index (χ0v) is 32.3. The van der Waals surface area contributed by atoms with E-state index in [0.29, 0.717) is 23.0 Å². The lowest BCUT2D eigenvalue weighted by Crippen LogP contribution is -2.02. The maximum atomic E-state index is 9.49. The van der Waals surface area contributed by atoms with Crippen molar-refractivity contribution < 1.29 is 0 Å². The van der Waals surface area contributed by atoms with Crippen molar-refractivity contribution >= 4 is 64.6 Å². The van der Waals surface area contributed by atoms with E-state index in [9.17, 15) is 5.26 Å². The molecular weight excluding hydrogens is 729 g/mol. The van der Waals surface area contributed by atoms with Crippen molar-refractivity contribution in [3.05, 3.63) is 200 Å². The molecule has 12 aromatic rings. The van der Waals surface area contributed by atoms with Gasteiger partial charge in [-0.15, -0.1) is 0 Å². The summed E-state index contributed by atoms with van der Waals surface area (Å²) in [5, 5.41) is 24.4. The molecule has 1 heterocycles. The van der Waals surface area contributed by atoms with Crippen LogP contribution in [-0.4, -0.2) is 15.0 Å². The lowest BCUT2D eigenvalue weighted by molar-refractivity contribution is 1.07. The molecule has 0 unspecified atom stereocenters. The Morgan fingerprint density at radius 3 is 1.30 bits per heavy atom. The van der Waals surface area contributed by atoms with Gasteiger partial charge in [0.05, 0.1) is 11.6 Å². The van der Waals surface area contributed by atoms with Crippen molar-refractivity contribution in [1.29, 1.82) is 5.26 Å². The van der Waals surface area contributed by atoms with Gasteiger partial charge in [0.1, 0.15) is 0 Å². The molecule has 4 heteroatoms. The molecule has 0 aliphatic rings. The molecule has 0 aliphatic heterocycles. The lowest BCUT2D eigenvalue weighted by atomic mass is 9.86. The molecule has 12 rings (SSSR count). The van der Waals surface area contributed by atoms with Gasteiger partial charge in [-0.3, -0.25) is 0 Å². The Morgan fingerprint density at radius 2 is 0.750 bits per heavy atom. The molecule has 0 saturated carbocycles. The highest BCUT2D eigenvalue weighted by Crippen LogP contribution is 2.45. The summed E-state index contributed by atoms with van der Waals surface area (Å²) in [4.78, 5) is 15.6. The topological polar surface area (TPSA) is 62.5 Å². The Bertz CT molecular complexity index is 3710. The van der Waals surface area contributed by atoms with Crippen LogP contribution in [0.4, 0.5) is 0 Å². The standard InChI is InChI=1S/C56H32N4/c57-33-34-23-25-35(26-24-34)42-16-4-6-18-47(42)55-58-54(39-11-2-1-3-12-39)59-56(60-55)48-19-7-5-17-43(48)41-31-40-30-29-38-14-9-21-45-44-20-8-13-36-27-28-37-15-10-22-46(52(37)50(36)44)49(32-41)53(40)51(38)45/h1-32H. The normalized spacial score (nSPS) is 11.7. The van der Waals surface area contributed by atoms with Crippen LogP contribution in [-0.2, 0) is 0 Å². The van der Waals surface area contributed by atoms with Gasteiger partial charge in [-0.2, -0.15) is 5.26 Å². The molecule has 4 nitrogen and oxygen atoms in total. The Labute approximate surface area is 345 Å². The van der Waals surface area contributed by atoms with E-state index >= 15 is 0 Å². The summed E-state index contributed by atoms with van der Waals surface area (Å²) in [7, 11) is 0. The van der Waals surface area contributed by atoms with Crippen LogP contribution in [0.1, 0.15) is 5.56 Å². The number of nitrogens with zero attached hydrogens (tertiary/aromatic N) is 4. The molecule has 0 N–H and O–H groups in total. The highest BCUT2D eigenvalue weighted by molar-refractivity contribution is 6.37. The van der Waals surface area contributed by atoms with E-state index in [4.69, 9.17) is 15.0 Å². The Hall–Kier alpha value is -8.26. The number of rotatable bonds is 5. The second kappa shape index (κ2) is 13.4. The quantitative estimate of drug-likeness (QED) is 0.164. The molecule has 1 aromatic heterocycles. The number of hydrogen-bond donors (Lipinski definition) is 0. The summed E-state index contributed by atoms with van der Waals surface area (Å²) in [6, 6.07) is 70.6. The molecule has 0 amide bonds. The number of fused-ring (bicyclic) bond motifs is 2. The number of nitriles is 1. The smallest absolute Gasteiger partial charge is 0.164 e. The van der Waals surface area contributed by atoms with Crippen molar-refractivity contribution in [2.24, 2.45) is 0 Å². The first-order valence-corrected chi connectivity index (χ1v) is 20.2. The first kappa shape index (κ1) is 33.8. The van der Waals surface area contributed by atoms with Gasteiger partial charge in [-0.05, 0) is 111 Å². The van der Waals surface area contributed by atoms with E-state index in [0.717, 1.165) is 38.9 Å². The summed E-state index contributed by atoms with van der Waals surface area (Å²) in [6.07, 6.45) is 0. The summed E-state index contributed by atoms with van der Waals surface area (Å²) < 4.78 is 0. The molecule has 0 spiro atoms. The van der Waals surface area contributed by atoms with E-state index < -0.39 is 0 Å². The summed E-state index contributed by atoms with van der Waals surface area (Å²) in [5.41, 5.74) is 7.40. The van der Waals surface area contributed by atoms with Crippen molar-refractivity contribution in [2.45, 2.75) is 0 Å². The van der Waals surface area contributed by atoms with Gasteiger partial charge < -0.3 is 0 Å². The first-order chi connectivity index (χ1) is 29.7. The van der Waals surface area contributed by atoms with E-state index in [1.54, 1.807) is 0 Å². The highest BCUT2D eigenvalue weighted by atomic mass is 15.0. The predicted molar refractivity (Wildman–Crippen MR) is 248 cm³/mol. The second-order valence-electron chi connectivity index (χ2n) is 15.4. The van der Waals surface area contributed by atoms with Gasteiger partial charge in [0.2, 0.25) is 0 Å². The minimum Gasteiger partial charge on any atom is -0.208 e. The average molecular weight is 761 g/mol. The van der Waals surface area contributed by atoms with Gasteiger partial charge in [-0.1, -0.05) is 170 Å². The van der Waals surface area contributed by atoms with E-state index in [1.165, 1.54) is 64.6 Å². The van der Waals surface area contributed by atoms with Crippen molar-refractivity contribution in [1.82, 2.24) is 15.0 Å². The molecule has 0 radical (unpaired) electrons. The summed E-state index contributed by atoms with van der Waals surface area (Å²) in [6.45, 7) is 0. The lowest BCUT2D eigenvalue weighted by Gasteiger charge is -2.18. The fraction of sp³-hybridized carbons (Fsp3) is 0. The van der Waals surface area contributed by atoms with Crippen molar-refractivity contribution in [3.8, 4) is 62.5 Å². The average Bonchev–Trinajstić information content (AvgIpc) is 3.32. The highest BCUT2D eigenvalue weighted by Gasteiger charge is 2.20. The maximum absolute atomic E-state index is 9.49. The Kier molecular flexibility index (Phi) is 7.57. The molecule has 0 fully saturated rings. The molecule has 11 aromatic carbocycles. The molecular formula is C56H32N4. The molecule has 0 bridgehead atoms. The zero-order valence-electron chi connectivity index (χ0n) is 32.3. The minimum atomic E-state index is 0.576. The summed E-state index contributed by atoms with van der Waals surface area (Å²) >= 11 is 0. The van der Waals surface area contributed by atoms with E-state index in [1.807, 2.05) is 66.7 Å². The number of aromatic nitrogens is 3. The van der Waals surface area contributed by atoms with E-state index in [2.05, 4.69) is 133 Å². The monoisotopic (exact) mass is 760 g/mol. The van der Waals surface area contributed by atoms with Crippen LogP contribution in [0.15, 0.2) is 194 Å². The van der Waals surface area contributed by atoms with Crippen LogP contribution < -0.4 is 0 Å². The zero-order chi connectivity index (χ0) is 39.7. The molecule has 60 heavy (non-hydrogen) atoms. The van der Waals surface area contributed by atoms with Crippen molar-refractivity contribution in [2.75, 3.05) is 0 Å². The van der Waals surface area contributed by atoms with Crippen LogP contribution in [0.3, 0.4) is 0 Å².